The van der Waals surface area contributed by atoms with Crippen LogP contribution in [-0.4, -0.2) is 80.6 Å². The van der Waals surface area contributed by atoms with Crippen LogP contribution >= 0.6 is 0 Å². The second kappa shape index (κ2) is 7.81. The van der Waals surface area contributed by atoms with Gasteiger partial charge in [-0.2, -0.15) is 0 Å². The Kier molecular flexibility index (Phi) is 5.62. The van der Waals surface area contributed by atoms with Gasteiger partial charge in [-0.25, -0.2) is 14.7 Å². The molecule has 11 heteroatoms. The summed E-state index contributed by atoms with van der Waals surface area (Å²) in [7, 11) is 0. The monoisotopic (exact) mass is 490 g/mol. The van der Waals surface area contributed by atoms with Crippen molar-refractivity contribution in [2.45, 2.75) is 82.0 Å². The maximum Gasteiger partial charge on any atom is 0.347 e. The second-order valence-electron chi connectivity index (χ2n) is 11.8. The average Bonchev–Trinajstić information content (AvgIpc) is 3.21. The van der Waals surface area contributed by atoms with Crippen molar-refractivity contribution in [2.75, 3.05) is 13.2 Å². The zero-order chi connectivity index (χ0) is 26.1. The minimum absolute atomic E-state index is 0.0853. The first kappa shape index (κ1) is 25.2. The number of nitrogens with one attached hydrogen (secondary N) is 3. The van der Waals surface area contributed by atoms with Gasteiger partial charge in [-0.1, -0.05) is 47.6 Å². The SMILES string of the molecule is CC(C)(C)c1cc(C(=O)O[C@H]2C[N+]3=C(N)N[C@@H](CO)[C@@H]4[NH+]=C(N)N[C@@]43C2(O)O)cc(C(C)(C)C)c1. The Balaban J connectivity index is 1.72. The van der Waals surface area contributed by atoms with Crippen molar-refractivity contribution in [2.24, 2.45) is 11.5 Å². The number of ether oxygens (including phenoxy) is 1. The van der Waals surface area contributed by atoms with Crippen LogP contribution in [0.5, 0.6) is 0 Å². The lowest BCUT2D eigenvalue weighted by Crippen LogP contribution is -2.91. The van der Waals surface area contributed by atoms with Gasteiger partial charge in [-0.15, -0.1) is 0 Å². The van der Waals surface area contributed by atoms with Crippen molar-refractivity contribution in [1.29, 1.82) is 0 Å². The molecule has 0 unspecified atom stereocenters. The molecule has 35 heavy (non-hydrogen) atoms. The summed E-state index contributed by atoms with van der Waals surface area (Å²) in [6.45, 7) is 11.9. The topological polar surface area (TPSA) is 180 Å². The number of carbonyl (C=O) groups is 1. The zero-order valence-electron chi connectivity index (χ0n) is 21.1. The Morgan fingerprint density at radius 2 is 1.71 bits per heavy atom. The molecule has 1 aromatic carbocycles. The van der Waals surface area contributed by atoms with E-state index in [-0.39, 0.29) is 35.9 Å². The Bertz CT molecular complexity index is 1080. The fourth-order valence-electron chi connectivity index (χ4n) is 5.14. The first-order valence-corrected chi connectivity index (χ1v) is 11.8. The summed E-state index contributed by atoms with van der Waals surface area (Å²) < 4.78 is 7.21. The molecule has 10 N–H and O–H groups in total. The van der Waals surface area contributed by atoms with Gasteiger partial charge in [-0.05, 0) is 34.1 Å². The Morgan fingerprint density at radius 3 is 2.23 bits per heavy atom. The molecule has 0 aliphatic carbocycles. The number of esters is 1. The molecule has 4 rings (SSSR count). The highest BCUT2D eigenvalue weighted by Crippen LogP contribution is 2.39. The first-order valence-electron chi connectivity index (χ1n) is 11.8. The van der Waals surface area contributed by atoms with Crippen molar-refractivity contribution in [3.05, 3.63) is 34.9 Å². The third-order valence-corrected chi connectivity index (χ3v) is 7.24. The average molecular weight is 491 g/mol. The molecule has 1 fully saturated rings. The van der Waals surface area contributed by atoms with E-state index in [0.29, 0.717) is 5.56 Å². The number of carbonyl (C=O) groups excluding carboxylic acids is 1. The fraction of sp³-hybridized carbons (Fsp3) is 0.625. The molecular formula is C24H38N6O5+2. The van der Waals surface area contributed by atoms with E-state index in [2.05, 4.69) is 63.2 Å². The lowest BCUT2D eigenvalue weighted by Gasteiger charge is -2.40. The van der Waals surface area contributed by atoms with E-state index in [0.717, 1.165) is 11.1 Å². The van der Waals surface area contributed by atoms with Crippen LogP contribution in [0.2, 0.25) is 0 Å². The quantitative estimate of drug-likeness (QED) is 0.123. The third kappa shape index (κ3) is 3.82. The highest BCUT2D eigenvalue weighted by molar-refractivity contribution is 5.90. The van der Waals surface area contributed by atoms with Gasteiger partial charge in [0, 0.05) is 0 Å². The molecule has 0 aromatic heterocycles. The van der Waals surface area contributed by atoms with Crippen LogP contribution < -0.4 is 27.1 Å². The molecular weight excluding hydrogens is 452 g/mol. The predicted octanol–water partition coefficient (Wildman–Crippen LogP) is -3.14. The van der Waals surface area contributed by atoms with Gasteiger partial charge in [0.2, 0.25) is 0 Å². The van der Waals surface area contributed by atoms with Gasteiger partial charge < -0.3 is 20.1 Å². The van der Waals surface area contributed by atoms with Crippen LogP contribution in [0, 0.1) is 0 Å². The number of rotatable bonds is 3. The van der Waals surface area contributed by atoms with Crippen LogP contribution in [0.4, 0.5) is 0 Å². The highest BCUT2D eigenvalue weighted by atomic mass is 16.6. The van der Waals surface area contributed by atoms with E-state index in [4.69, 9.17) is 16.2 Å². The maximum absolute atomic E-state index is 13.4. The Morgan fingerprint density at radius 1 is 1.14 bits per heavy atom. The van der Waals surface area contributed by atoms with Crippen LogP contribution in [0.3, 0.4) is 0 Å². The largest absolute Gasteiger partial charge is 0.449 e. The van der Waals surface area contributed by atoms with Crippen LogP contribution in [-0.2, 0) is 15.6 Å². The Labute approximate surface area is 204 Å². The highest BCUT2D eigenvalue weighted by Gasteiger charge is 2.79. The van der Waals surface area contributed by atoms with Gasteiger partial charge >= 0.3 is 23.6 Å². The lowest BCUT2D eigenvalue weighted by atomic mass is 9.79. The van der Waals surface area contributed by atoms with Crippen LogP contribution in [0.15, 0.2) is 18.2 Å². The number of benzene rings is 1. The van der Waals surface area contributed by atoms with Gasteiger partial charge in [-0.3, -0.25) is 21.8 Å². The molecule has 0 amide bonds. The number of nitrogens with zero attached hydrogens (tertiary/aromatic N) is 1. The Hall–Kier alpha value is -2.89. The van der Waals surface area contributed by atoms with E-state index in [9.17, 15) is 20.1 Å². The zero-order valence-corrected chi connectivity index (χ0v) is 21.1. The molecule has 4 atom stereocenters. The number of hydrogen-bond donors (Lipinski definition) is 8. The van der Waals surface area contributed by atoms with Crippen molar-refractivity contribution in [3.8, 4) is 0 Å². The molecule has 192 valence electrons. The molecule has 0 saturated carbocycles. The maximum atomic E-state index is 13.4. The smallest absolute Gasteiger partial charge is 0.347 e. The molecule has 1 aromatic rings. The molecule has 1 saturated heterocycles. The number of hydrogen-bond acceptors (Lipinski definition) is 9. The van der Waals surface area contributed by atoms with Gasteiger partial charge in [0.15, 0.2) is 12.1 Å². The van der Waals surface area contributed by atoms with E-state index in [1.165, 1.54) is 4.58 Å². The van der Waals surface area contributed by atoms with Crippen LogP contribution in [0.1, 0.15) is 63.0 Å². The van der Waals surface area contributed by atoms with Gasteiger partial charge in [0.1, 0.15) is 12.6 Å². The standard InChI is InChI=1S/C24H36N6O5/c1-21(2,3)13-7-12(8-14(9-13)22(4,5)6)18(32)35-16-10-30-20(26)27-15(11-31)17-23(30,24(16,33)34)29-19(25)28-17/h7-9,15-17,31,33-34H,10-11H2,1-6H3,(H5,25,26,27,28,29)/p+2/t15-,16-,17-,23-/m0/s1. The molecule has 3 heterocycles. The minimum Gasteiger partial charge on any atom is -0.449 e. The summed E-state index contributed by atoms with van der Waals surface area (Å²) >= 11 is 0. The summed E-state index contributed by atoms with van der Waals surface area (Å²) in [4.78, 5) is 16.3. The molecule has 0 bridgehead atoms. The van der Waals surface area contributed by atoms with E-state index < -0.39 is 35.6 Å². The van der Waals surface area contributed by atoms with Gasteiger partial charge in [0.25, 0.3) is 5.79 Å². The molecule has 3 aliphatic rings. The van der Waals surface area contributed by atoms with Gasteiger partial charge in [0.05, 0.1) is 12.2 Å². The van der Waals surface area contributed by atoms with E-state index in [1.54, 1.807) is 12.1 Å². The molecule has 1 spiro atoms. The molecule has 0 radical (unpaired) electrons. The summed E-state index contributed by atoms with van der Waals surface area (Å²) in [6, 6.07) is 4.19. The summed E-state index contributed by atoms with van der Waals surface area (Å²) in [5, 5.41) is 38.5. The molecule has 11 nitrogen and oxygen atoms in total. The number of aliphatic hydroxyl groups is 3. The predicted molar refractivity (Wildman–Crippen MR) is 128 cm³/mol. The summed E-state index contributed by atoms with van der Waals surface area (Å²) in [6.07, 6.45) is -1.37. The minimum atomic E-state index is -2.60. The third-order valence-electron chi connectivity index (χ3n) is 7.24. The number of guanidine groups is 2. The van der Waals surface area contributed by atoms with Crippen molar-refractivity contribution in [3.63, 3.8) is 0 Å². The number of aliphatic hydroxyl groups excluding tert-OH is 1. The van der Waals surface area contributed by atoms with Crippen molar-refractivity contribution < 1.29 is 34.4 Å². The second-order valence-corrected chi connectivity index (χ2v) is 11.8. The number of nitrogens with two attached hydrogens (primary N) is 2. The summed E-state index contributed by atoms with van der Waals surface area (Å²) in [5.74, 6) is -3.10. The van der Waals surface area contributed by atoms with Crippen molar-refractivity contribution in [1.82, 2.24) is 10.6 Å². The molecule has 3 aliphatic heterocycles. The first-order chi connectivity index (χ1) is 16.0. The van der Waals surface area contributed by atoms with E-state index in [1.807, 2.05) is 0 Å². The normalized spacial score (nSPS) is 29.6. The van der Waals surface area contributed by atoms with E-state index >= 15 is 0 Å². The van der Waals surface area contributed by atoms with Crippen molar-refractivity contribution >= 4 is 17.9 Å². The lowest BCUT2D eigenvalue weighted by molar-refractivity contribution is -0.674. The summed E-state index contributed by atoms with van der Waals surface area (Å²) in [5.41, 5.74) is 12.3. The van der Waals surface area contributed by atoms with Crippen LogP contribution in [0.25, 0.3) is 0 Å². The fourth-order valence-corrected chi connectivity index (χ4v) is 5.14.